The zero-order valence-electron chi connectivity index (χ0n) is 17.7. The number of benzene rings is 2. The molecule has 31 heavy (non-hydrogen) atoms. The normalized spacial score (nSPS) is 12.6. The Hall–Kier alpha value is -3.80. The second-order valence-corrected chi connectivity index (χ2v) is 7.05. The van der Waals surface area contributed by atoms with Crippen molar-refractivity contribution in [3.8, 4) is 34.1 Å². The highest BCUT2D eigenvalue weighted by Crippen LogP contribution is 2.36. The van der Waals surface area contributed by atoms with Crippen LogP contribution in [-0.4, -0.2) is 38.7 Å². The topological polar surface area (TPSA) is 66.9 Å². The first-order chi connectivity index (χ1) is 15.1. The molecular formula is C25H23NO5. The summed E-state index contributed by atoms with van der Waals surface area (Å²) >= 11 is 0. The Morgan fingerprint density at radius 2 is 1.65 bits per heavy atom. The van der Waals surface area contributed by atoms with E-state index in [-0.39, 0.29) is 0 Å². The van der Waals surface area contributed by atoms with Gasteiger partial charge in [-0.1, -0.05) is 18.2 Å². The predicted octanol–water partition coefficient (Wildman–Crippen LogP) is 4.83. The van der Waals surface area contributed by atoms with Crippen molar-refractivity contribution in [3.63, 3.8) is 0 Å². The summed E-state index contributed by atoms with van der Waals surface area (Å²) in [5, 5.41) is 0. The molecule has 1 aliphatic heterocycles. The number of ether oxygens (including phenoxy) is 4. The molecule has 1 aromatic heterocycles. The van der Waals surface area contributed by atoms with E-state index in [4.69, 9.17) is 18.9 Å². The number of carbonyl (C=O) groups excluding carboxylic acids is 1. The zero-order valence-corrected chi connectivity index (χ0v) is 17.7. The minimum Gasteiger partial charge on any atom is -0.496 e. The average Bonchev–Trinajstić information content (AvgIpc) is 2.82. The van der Waals surface area contributed by atoms with Gasteiger partial charge in [-0.3, -0.25) is 9.78 Å². The van der Waals surface area contributed by atoms with Crippen LogP contribution in [0, 0.1) is 6.92 Å². The quantitative estimate of drug-likeness (QED) is 0.535. The molecule has 0 N–H and O–H groups in total. The van der Waals surface area contributed by atoms with E-state index < -0.39 is 0 Å². The number of fused-ring (bicyclic) bond motifs is 1. The molecule has 0 atom stereocenters. The highest BCUT2D eigenvalue weighted by Gasteiger charge is 2.14. The monoisotopic (exact) mass is 417 g/mol. The van der Waals surface area contributed by atoms with Gasteiger partial charge in [0.05, 0.1) is 19.8 Å². The maximum atomic E-state index is 11.4. The molecule has 0 fully saturated rings. The second-order valence-electron chi connectivity index (χ2n) is 7.05. The summed E-state index contributed by atoms with van der Waals surface area (Å²) in [5.74, 6) is 2.44. The van der Waals surface area contributed by atoms with E-state index in [1.54, 1.807) is 12.1 Å². The number of hydrogen-bond donors (Lipinski definition) is 0. The van der Waals surface area contributed by atoms with Crippen LogP contribution in [0.1, 0.15) is 27.0 Å². The van der Waals surface area contributed by atoms with Gasteiger partial charge in [-0.05, 0) is 53.4 Å². The molecule has 0 amide bonds. The molecule has 0 spiro atoms. The molecule has 0 radical (unpaired) electrons. The molecule has 0 saturated carbocycles. The summed E-state index contributed by atoms with van der Waals surface area (Å²) in [7, 11) is 3.06. The van der Waals surface area contributed by atoms with Crippen LogP contribution in [0.3, 0.4) is 0 Å². The minimum atomic E-state index is 0.389. The van der Waals surface area contributed by atoms with Crippen molar-refractivity contribution >= 4 is 18.4 Å². The fourth-order valence-corrected chi connectivity index (χ4v) is 3.57. The summed E-state index contributed by atoms with van der Waals surface area (Å²) in [6.45, 7) is 3.17. The Morgan fingerprint density at radius 1 is 0.935 bits per heavy atom. The summed E-state index contributed by atoms with van der Waals surface area (Å²) in [6, 6.07) is 9.53. The van der Waals surface area contributed by atoms with Gasteiger partial charge in [-0.15, -0.1) is 0 Å². The number of nitrogens with zero attached hydrogens (tertiary/aromatic N) is 1. The fraction of sp³-hybridized carbons (Fsp3) is 0.200. The van der Waals surface area contributed by atoms with Crippen LogP contribution in [0.4, 0.5) is 0 Å². The highest BCUT2D eigenvalue weighted by atomic mass is 16.6. The molecule has 0 unspecified atom stereocenters. The summed E-state index contributed by atoms with van der Waals surface area (Å²) < 4.78 is 22.0. The number of hydrogen-bond acceptors (Lipinski definition) is 6. The Morgan fingerprint density at radius 3 is 2.32 bits per heavy atom. The Labute approximate surface area is 181 Å². The molecule has 0 saturated heterocycles. The number of carbonyl (C=O) groups is 1. The van der Waals surface area contributed by atoms with E-state index in [1.165, 1.54) is 14.2 Å². The van der Waals surface area contributed by atoms with Crippen LogP contribution in [-0.2, 0) is 0 Å². The first-order valence-corrected chi connectivity index (χ1v) is 9.88. The Bertz CT molecular complexity index is 1130. The maximum absolute atomic E-state index is 11.4. The van der Waals surface area contributed by atoms with Crippen LogP contribution in [0.15, 0.2) is 42.7 Å². The molecule has 6 nitrogen and oxygen atoms in total. The molecule has 2 aromatic carbocycles. The third-order valence-electron chi connectivity index (χ3n) is 5.25. The predicted molar refractivity (Wildman–Crippen MR) is 119 cm³/mol. The van der Waals surface area contributed by atoms with Gasteiger partial charge in [0.15, 0.2) is 17.8 Å². The van der Waals surface area contributed by atoms with Gasteiger partial charge >= 0.3 is 0 Å². The lowest BCUT2D eigenvalue weighted by atomic mass is 9.98. The molecule has 2 heterocycles. The highest BCUT2D eigenvalue weighted by molar-refractivity contribution is 5.86. The first kappa shape index (κ1) is 20.5. The molecule has 0 aliphatic carbocycles. The van der Waals surface area contributed by atoms with Gasteiger partial charge in [-0.2, -0.15) is 0 Å². The molecular weight excluding hydrogens is 394 g/mol. The van der Waals surface area contributed by atoms with E-state index in [2.05, 4.69) is 11.9 Å². The van der Waals surface area contributed by atoms with Crippen LogP contribution in [0.25, 0.3) is 23.3 Å². The van der Waals surface area contributed by atoms with Crippen molar-refractivity contribution in [2.45, 2.75) is 6.92 Å². The van der Waals surface area contributed by atoms with Crippen LogP contribution in [0.2, 0.25) is 0 Å². The van der Waals surface area contributed by atoms with E-state index in [0.717, 1.165) is 45.6 Å². The van der Waals surface area contributed by atoms with E-state index in [1.807, 2.05) is 42.7 Å². The number of aldehydes is 1. The third kappa shape index (κ3) is 4.10. The third-order valence-corrected chi connectivity index (χ3v) is 5.25. The molecule has 0 bridgehead atoms. The van der Waals surface area contributed by atoms with E-state index in [9.17, 15) is 4.79 Å². The van der Waals surface area contributed by atoms with Crippen molar-refractivity contribution in [1.29, 1.82) is 0 Å². The summed E-state index contributed by atoms with van der Waals surface area (Å²) in [5.41, 5.74) is 5.34. The second kappa shape index (κ2) is 8.92. The van der Waals surface area contributed by atoms with Gasteiger partial charge in [-0.25, -0.2) is 0 Å². The molecule has 158 valence electrons. The number of rotatable bonds is 6. The van der Waals surface area contributed by atoms with E-state index >= 15 is 0 Å². The van der Waals surface area contributed by atoms with Gasteiger partial charge < -0.3 is 18.9 Å². The molecule has 3 aromatic rings. The van der Waals surface area contributed by atoms with E-state index in [0.29, 0.717) is 30.3 Å². The lowest BCUT2D eigenvalue weighted by molar-refractivity contribution is 0.111. The van der Waals surface area contributed by atoms with Gasteiger partial charge in [0.1, 0.15) is 24.7 Å². The number of aromatic nitrogens is 1. The van der Waals surface area contributed by atoms with Crippen molar-refractivity contribution in [3.05, 3.63) is 65.0 Å². The van der Waals surface area contributed by atoms with Crippen molar-refractivity contribution in [1.82, 2.24) is 4.98 Å². The van der Waals surface area contributed by atoms with Crippen molar-refractivity contribution in [2.24, 2.45) is 0 Å². The van der Waals surface area contributed by atoms with Crippen LogP contribution in [0.5, 0.6) is 23.0 Å². The SMILES string of the molecule is COc1cc(/C=C/c2cncc(-c3ccc4c(c3)OCCO4)c2C)cc(OC)c1C=O. The number of pyridine rings is 1. The van der Waals surface area contributed by atoms with Crippen molar-refractivity contribution in [2.75, 3.05) is 27.4 Å². The molecule has 1 aliphatic rings. The summed E-state index contributed by atoms with van der Waals surface area (Å²) in [6.07, 6.45) is 8.33. The minimum absolute atomic E-state index is 0.389. The Balaban J connectivity index is 1.68. The largest absolute Gasteiger partial charge is 0.496 e. The van der Waals surface area contributed by atoms with Gasteiger partial charge in [0, 0.05) is 18.0 Å². The lowest BCUT2D eigenvalue weighted by Gasteiger charge is -2.19. The average molecular weight is 417 g/mol. The maximum Gasteiger partial charge on any atom is 0.161 e. The lowest BCUT2D eigenvalue weighted by Crippen LogP contribution is -2.15. The van der Waals surface area contributed by atoms with Gasteiger partial charge in [0.25, 0.3) is 0 Å². The van der Waals surface area contributed by atoms with Crippen LogP contribution < -0.4 is 18.9 Å². The molecule has 4 rings (SSSR count). The summed E-state index contributed by atoms with van der Waals surface area (Å²) in [4.78, 5) is 15.8. The Kier molecular flexibility index (Phi) is 5.89. The molecule has 6 heteroatoms. The standard InChI is InChI=1S/C25H23NO5/c1-16-19(5-4-17-10-23(28-2)21(15-27)24(11-17)29-3)13-26-14-20(16)18-6-7-22-25(12-18)31-9-8-30-22/h4-7,10-15H,8-9H2,1-3H3/b5-4+. The first-order valence-electron chi connectivity index (χ1n) is 9.88. The van der Waals surface area contributed by atoms with Crippen molar-refractivity contribution < 1.29 is 23.7 Å². The van der Waals surface area contributed by atoms with Crippen LogP contribution >= 0.6 is 0 Å². The fourth-order valence-electron chi connectivity index (χ4n) is 3.57. The smallest absolute Gasteiger partial charge is 0.161 e. The zero-order chi connectivity index (χ0) is 21.8. The number of methoxy groups -OCH3 is 2. The van der Waals surface area contributed by atoms with Gasteiger partial charge in [0.2, 0.25) is 0 Å².